The largest absolute Gasteiger partial charge is 0.461 e. The Morgan fingerprint density at radius 2 is 2.12 bits per heavy atom. The van der Waals surface area contributed by atoms with E-state index in [0.717, 1.165) is 0 Å². The van der Waals surface area contributed by atoms with Gasteiger partial charge in [-0.25, -0.2) is 14.8 Å². The number of aromatic nitrogens is 2. The Morgan fingerprint density at radius 1 is 1.50 bits per heavy atom. The van der Waals surface area contributed by atoms with E-state index in [1.807, 2.05) is 0 Å². The van der Waals surface area contributed by atoms with Crippen molar-refractivity contribution in [1.82, 2.24) is 9.97 Å². The molecular weight excluding hydrogens is 350 g/mol. The minimum absolute atomic E-state index is 0.0630. The Morgan fingerprint density at radius 3 is 2.62 bits per heavy atom. The van der Waals surface area contributed by atoms with E-state index in [1.54, 1.807) is 6.92 Å². The number of hydrogen-bond donors (Lipinski definition) is 0. The number of carbonyl (C=O) groups excluding carboxylic acids is 1. The van der Waals surface area contributed by atoms with Crippen LogP contribution >= 0.6 is 31.9 Å². The highest BCUT2D eigenvalue weighted by Gasteiger charge is 2.28. The molecule has 1 heterocycles. The lowest BCUT2D eigenvalue weighted by Gasteiger charge is -2.03. The van der Waals surface area contributed by atoms with E-state index >= 15 is 0 Å². The maximum absolute atomic E-state index is 11.4. The van der Waals surface area contributed by atoms with Crippen LogP contribution in [0.2, 0.25) is 0 Å². The van der Waals surface area contributed by atoms with Gasteiger partial charge in [0.2, 0.25) is 5.69 Å². The predicted molar refractivity (Wildman–Crippen MR) is 60.0 cm³/mol. The topological polar surface area (TPSA) is 95.2 Å². The monoisotopic (exact) mass is 353 g/mol. The van der Waals surface area contributed by atoms with Gasteiger partial charge in [-0.15, -0.1) is 0 Å². The minimum atomic E-state index is -0.863. The number of nitrogens with zero attached hydrogens (tertiary/aromatic N) is 3. The highest BCUT2D eigenvalue weighted by molar-refractivity contribution is 9.11. The molecular formula is C7H5Br2N3O4. The second kappa shape index (κ2) is 5.30. The van der Waals surface area contributed by atoms with Crippen LogP contribution in [-0.2, 0) is 4.74 Å². The standard InChI is InChI=1S/C7H5Br2N3O4/c1-2-16-6(13)3-4(12(14)15)5(8)11-7(9)10-3/h2H2,1H3. The van der Waals surface area contributed by atoms with Crippen molar-refractivity contribution in [2.45, 2.75) is 6.92 Å². The summed E-state index contributed by atoms with van der Waals surface area (Å²) in [6, 6.07) is 0. The molecule has 0 spiro atoms. The van der Waals surface area contributed by atoms with Gasteiger partial charge in [0, 0.05) is 0 Å². The van der Waals surface area contributed by atoms with E-state index in [1.165, 1.54) is 0 Å². The van der Waals surface area contributed by atoms with Crippen LogP contribution in [0.4, 0.5) is 5.69 Å². The first kappa shape index (κ1) is 13.0. The van der Waals surface area contributed by atoms with Crippen molar-refractivity contribution in [2.75, 3.05) is 6.61 Å². The Labute approximate surface area is 107 Å². The highest BCUT2D eigenvalue weighted by atomic mass is 79.9. The molecule has 0 atom stereocenters. The minimum Gasteiger partial charge on any atom is -0.461 e. The molecule has 1 rings (SSSR count). The van der Waals surface area contributed by atoms with Crippen molar-refractivity contribution in [3.63, 3.8) is 0 Å². The number of rotatable bonds is 3. The van der Waals surface area contributed by atoms with E-state index in [9.17, 15) is 14.9 Å². The van der Waals surface area contributed by atoms with Gasteiger partial charge in [0.1, 0.15) is 0 Å². The number of carbonyl (C=O) groups is 1. The maximum atomic E-state index is 11.4. The first-order valence-electron chi connectivity index (χ1n) is 4.02. The zero-order valence-electron chi connectivity index (χ0n) is 7.94. The molecule has 0 bridgehead atoms. The summed E-state index contributed by atoms with van der Waals surface area (Å²) in [6.45, 7) is 1.70. The molecule has 0 aliphatic rings. The van der Waals surface area contributed by atoms with Gasteiger partial charge in [-0.1, -0.05) is 0 Å². The maximum Gasteiger partial charge on any atom is 0.364 e. The van der Waals surface area contributed by atoms with E-state index in [0.29, 0.717) is 0 Å². The van der Waals surface area contributed by atoms with Gasteiger partial charge >= 0.3 is 11.7 Å². The molecule has 0 N–H and O–H groups in total. The fourth-order valence-electron chi connectivity index (χ4n) is 0.905. The molecule has 0 aliphatic carbocycles. The second-order valence-corrected chi connectivity index (χ2v) is 3.92. The predicted octanol–water partition coefficient (Wildman–Crippen LogP) is 2.09. The Kier molecular flexibility index (Phi) is 4.30. The van der Waals surface area contributed by atoms with Crippen molar-refractivity contribution in [1.29, 1.82) is 0 Å². The Balaban J connectivity index is 3.35. The summed E-state index contributed by atoms with van der Waals surface area (Å²) in [5.74, 6) is -0.863. The van der Waals surface area contributed by atoms with Crippen LogP contribution < -0.4 is 0 Å². The fourth-order valence-corrected chi connectivity index (χ4v) is 2.00. The average Bonchev–Trinajstić information content (AvgIpc) is 2.15. The number of hydrogen-bond acceptors (Lipinski definition) is 6. The average molecular weight is 355 g/mol. The van der Waals surface area contributed by atoms with Gasteiger partial charge in [-0.2, -0.15) is 0 Å². The van der Waals surface area contributed by atoms with E-state index < -0.39 is 16.6 Å². The van der Waals surface area contributed by atoms with Crippen LogP contribution in [0.3, 0.4) is 0 Å². The van der Waals surface area contributed by atoms with E-state index in [-0.39, 0.29) is 21.6 Å². The molecule has 0 fully saturated rings. The van der Waals surface area contributed by atoms with Gasteiger partial charge in [0.05, 0.1) is 11.5 Å². The number of nitro groups is 1. The number of ether oxygens (including phenoxy) is 1. The zero-order valence-corrected chi connectivity index (χ0v) is 11.1. The zero-order chi connectivity index (χ0) is 12.3. The van der Waals surface area contributed by atoms with Crippen LogP contribution in [0, 0.1) is 10.1 Å². The summed E-state index contributed by atoms with van der Waals surface area (Å²) < 4.78 is 4.64. The molecule has 0 aliphatic heterocycles. The third-order valence-corrected chi connectivity index (χ3v) is 2.37. The molecule has 0 saturated heterocycles. The lowest BCUT2D eigenvalue weighted by atomic mass is 10.3. The molecule has 0 unspecified atom stereocenters. The Bertz CT molecular complexity index is 452. The molecule has 0 saturated carbocycles. The van der Waals surface area contributed by atoms with Crippen molar-refractivity contribution >= 4 is 43.5 Å². The van der Waals surface area contributed by atoms with Gasteiger partial charge in [-0.3, -0.25) is 10.1 Å². The summed E-state index contributed by atoms with van der Waals surface area (Å²) in [5.41, 5.74) is -0.901. The van der Waals surface area contributed by atoms with E-state index in [4.69, 9.17) is 0 Å². The summed E-state index contributed by atoms with van der Waals surface area (Å²) in [5, 5.41) is 10.7. The summed E-state index contributed by atoms with van der Waals surface area (Å²) >= 11 is 5.82. The lowest BCUT2D eigenvalue weighted by Crippen LogP contribution is -2.12. The first-order valence-corrected chi connectivity index (χ1v) is 5.60. The molecule has 16 heavy (non-hydrogen) atoms. The smallest absolute Gasteiger partial charge is 0.364 e. The first-order chi connectivity index (χ1) is 7.47. The van der Waals surface area contributed by atoms with Gasteiger partial charge in [0.15, 0.2) is 9.34 Å². The van der Waals surface area contributed by atoms with Crippen molar-refractivity contribution in [3.05, 3.63) is 25.1 Å². The molecule has 0 amide bonds. The third-order valence-electron chi connectivity index (χ3n) is 1.47. The molecule has 1 aromatic rings. The van der Waals surface area contributed by atoms with Crippen LogP contribution in [0.15, 0.2) is 9.34 Å². The van der Waals surface area contributed by atoms with E-state index in [2.05, 4.69) is 46.6 Å². The molecule has 86 valence electrons. The molecule has 0 aromatic carbocycles. The second-order valence-electron chi connectivity index (χ2n) is 2.46. The van der Waals surface area contributed by atoms with Crippen molar-refractivity contribution in [2.24, 2.45) is 0 Å². The normalized spacial score (nSPS) is 9.94. The van der Waals surface area contributed by atoms with Gasteiger partial charge in [-0.05, 0) is 38.8 Å². The number of esters is 1. The van der Waals surface area contributed by atoms with Gasteiger partial charge in [0.25, 0.3) is 0 Å². The van der Waals surface area contributed by atoms with Crippen LogP contribution in [0.25, 0.3) is 0 Å². The SMILES string of the molecule is CCOC(=O)c1nc(Br)nc(Br)c1[N+](=O)[O-]. The van der Waals surface area contributed by atoms with Crippen molar-refractivity contribution < 1.29 is 14.5 Å². The quantitative estimate of drug-likeness (QED) is 0.271. The third kappa shape index (κ3) is 2.73. The Hall–Kier alpha value is -1.09. The highest BCUT2D eigenvalue weighted by Crippen LogP contribution is 2.27. The molecule has 7 nitrogen and oxygen atoms in total. The lowest BCUT2D eigenvalue weighted by molar-refractivity contribution is -0.386. The summed E-state index contributed by atoms with van der Waals surface area (Å²) in [6.07, 6.45) is 0. The molecule has 1 aromatic heterocycles. The molecule has 0 radical (unpaired) electrons. The van der Waals surface area contributed by atoms with Crippen LogP contribution in [0.1, 0.15) is 17.4 Å². The fraction of sp³-hybridized carbons (Fsp3) is 0.286. The van der Waals surface area contributed by atoms with Crippen LogP contribution in [-0.4, -0.2) is 27.5 Å². The van der Waals surface area contributed by atoms with Crippen LogP contribution in [0.5, 0.6) is 0 Å². The van der Waals surface area contributed by atoms with Crippen molar-refractivity contribution in [3.8, 4) is 0 Å². The van der Waals surface area contributed by atoms with Gasteiger partial charge < -0.3 is 4.74 Å². The molecule has 9 heteroatoms. The summed E-state index contributed by atoms with van der Waals surface area (Å²) in [4.78, 5) is 28.7. The number of halogens is 2. The summed E-state index contributed by atoms with van der Waals surface area (Å²) in [7, 11) is 0.